The number of halogens is 1. The molecular formula is C19H18FN5. The molecule has 1 aromatic carbocycles. The average Bonchev–Trinajstić information content (AvgIpc) is 3.25. The molecule has 1 aliphatic carbocycles. The van der Waals surface area contributed by atoms with E-state index >= 15 is 0 Å². The zero-order chi connectivity index (χ0) is 16.8. The molecule has 0 saturated carbocycles. The Morgan fingerprint density at radius 2 is 1.68 bits per heavy atom. The third-order valence-electron chi connectivity index (χ3n) is 5.31. The van der Waals surface area contributed by atoms with Gasteiger partial charge in [0.25, 0.3) is 0 Å². The summed E-state index contributed by atoms with van der Waals surface area (Å²) in [6.07, 6.45) is 6.88. The number of allylic oxidation sites excluding steroid dienone is 2. The van der Waals surface area contributed by atoms with Crippen molar-refractivity contribution in [3.05, 3.63) is 54.4 Å². The van der Waals surface area contributed by atoms with Gasteiger partial charge >= 0.3 is 0 Å². The van der Waals surface area contributed by atoms with Crippen LogP contribution in [0.5, 0.6) is 0 Å². The van der Waals surface area contributed by atoms with E-state index in [9.17, 15) is 4.39 Å². The van der Waals surface area contributed by atoms with Crippen molar-refractivity contribution in [1.82, 2.24) is 19.8 Å². The Bertz CT molecular complexity index is 947. The number of hydrogen-bond donors (Lipinski definition) is 0. The summed E-state index contributed by atoms with van der Waals surface area (Å²) in [6, 6.07) is 10.5. The van der Waals surface area contributed by atoms with Gasteiger partial charge in [0.2, 0.25) is 0 Å². The SMILES string of the molecule is Fc1ccccc1-c1nnc2ccc(N3CC4CC=CCC4C3)nn12. The second-order valence-electron chi connectivity index (χ2n) is 6.83. The Labute approximate surface area is 144 Å². The summed E-state index contributed by atoms with van der Waals surface area (Å²) in [5.74, 6) is 2.43. The Balaban J connectivity index is 1.54. The number of fused-ring (bicyclic) bond motifs is 2. The van der Waals surface area contributed by atoms with E-state index in [1.807, 2.05) is 12.1 Å². The van der Waals surface area contributed by atoms with Crippen molar-refractivity contribution in [1.29, 1.82) is 0 Å². The molecule has 0 bridgehead atoms. The summed E-state index contributed by atoms with van der Waals surface area (Å²) in [5, 5.41) is 13.0. The predicted octanol–water partition coefficient (Wildman–Crippen LogP) is 3.33. The summed E-state index contributed by atoms with van der Waals surface area (Å²) in [7, 11) is 0. The first-order valence-electron chi connectivity index (χ1n) is 8.67. The Morgan fingerprint density at radius 3 is 2.44 bits per heavy atom. The van der Waals surface area contributed by atoms with Gasteiger partial charge in [-0.05, 0) is 48.9 Å². The Kier molecular flexibility index (Phi) is 3.29. The molecule has 0 amide bonds. The van der Waals surface area contributed by atoms with Gasteiger partial charge in [0.05, 0.1) is 5.56 Å². The molecule has 3 aromatic rings. The molecule has 126 valence electrons. The zero-order valence-electron chi connectivity index (χ0n) is 13.7. The number of rotatable bonds is 2. The maximum Gasteiger partial charge on any atom is 0.188 e. The van der Waals surface area contributed by atoms with Crippen LogP contribution in [0.2, 0.25) is 0 Å². The van der Waals surface area contributed by atoms with Gasteiger partial charge in [-0.2, -0.15) is 4.52 Å². The standard InChI is InChI=1S/C19H18FN5/c20-16-8-4-3-7-15(16)19-22-21-17-9-10-18(23-25(17)19)24-11-13-5-1-2-6-14(13)12-24/h1-4,7-10,13-14H,5-6,11-12H2. The molecule has 25 heavy (non-hydrogen) atoms. The molecule has 0 N–H and O–H groups in total. The highest BCUT2D eigenvalue weighted by molar-refractivity contribution is 5.60. The largest absolute Gasteiger partial charge is 0.355 e. The second kappa shape index (κ2) is 5.65. The van der Waals surface area contributed by atoms with Crippen LogP contribution in [0.1, 0.15) is 12.8 Å². The van der Waals surface area contributed by atoms with E-state index in [0.29, 0.717) is 28.9 Å². The lowest BCUT2D eigenvalue weighted by atomic mass is 9.86. The fourth-order valence-corrected chi connectivity index (χ4v) is 3.96. The quantitative estimate of drug-likeness (QED) is 0.674. The monoisotopic (exact) mass is 335 g/mol. The van der Waals surface area contributed by atoms with Gasteiger partial charge in [-0.25, -0.2) is 4.39 Å². The van der Waals surface area contributed by atoms with Gasteiger partial charge < -0.3 is 4.90 Å². The number of nitrogens with zero attached hydrogens (tertiary/aromatic N) is 5. The van der Waals surface area contributed by atoms with Crippen molar-refractivity contribution in [3.8, 4) is 11.4 Å². The normalized spacial score (nSPS) is 22.5. The van der Waals surface area contributed by atoms with E-state index < -0.39 is 0 Å². The molecule has 1 fully saturated rings. The van der Waals surface area contributed by atoms with E-state index in [1.165, 1.54) is 6.07 Å². The maximum atomic E-state index is 14.2. The van der Waals surface area contributed by atoms with Gasteiger partial charge in [-0.15, -0.1) is 15.3 Å². The van der Waals surface area contributed by atoms with Crippen LogP contribution in [0.15, 0.2) is 48.6 Å². The van der Waals surface area contributed by atoms with Gasteiger partial charge in [0.15, 0.2) is 11.5 Å². The number of benzene rings is 1. The van der Waals surface area contributed by atoms with Crippen molar-refractivity contribution in [3.63, 3.8) is 0 Å². The van der Waals surface area contributed by atoms with Crippen LogP contribution in [0.4, 0.5) is 10.2 Å². The minimum absolute atomic E-state index is 0.317. The van der Waals surface area contributed by atoms with E-state index in [-0.39, 0.29) is 5.82 Å². The van der Waals surface area contributed by atoms with Crippen LogP contribution in [-0.2, 0) is 0 Å². The summed E-state index contributed by atoms with van der Waals surface area (Å²) in [5.41, 5.74) is 1.04. The van der Waals surface area contributed by atoms with E-state index in [4.69, 9.17) is 5.10 Å². The summed E-state index contributed by atoms with van der Waals surface area (Å²) >= 11 is 0. The molecule has 6 heteroatoms. The van der Waals surface area contributed by atoms with Gasteiger partial charge in [0.1, 0.15) is 11.6 Å². The van der Waals surface area contributed by atoms with Gasteiger partial charge in [0, 0.05) is 13.1 Å². The molecule has 1 aliphatic heterocycles. The maximum absolute atomic E-state index is 14.2. The second-order valence-corrected chi connectivity index (χ2v) is 6.83. The van der Waals surface area contributed by atoms with Crippen molar-refractivity contribution in [2.24, 2.45) is 11.8 Å². The first-order valence-corrected chi connectivity index (χ1v) is 8.67. The molecule has 0 radical (unpaired) electrons. The highest BCUT2D eigenvalue weighted by atomic mass is 19.1. The lowest BCUT2D eigenvalue weighted by Gasteiger charge is -2.17. The zero-order valence-corrected chi connectivity index (χ0v) is 13.7. The molecule has 2 aromatic heterocycles. The molecule has 0 spiro atoms. The Morgan fingerprint density at radius 1 is 0.920 bits per heavy atom. The number of aromatic nitrogens is 4. The van der Waals surface area contributed by atoms with E-state index in [0.717, 1.165) is 31.7 Å². The van der Waals surface area contributed by atoms with E-state index in [1.54, 1.807) is 22.7 Å². The third kappa shape index (κ3) is 2.40. The highest BCUT2D eigenvalue weighted by Crippen LogP contribution is 2.34. The third-order valence-corrected chi connectivity index (χ3v) is 5.31. The summed E-state index contributed by atoms with van der Waals surface area (Å²) in [6.45, 7) is 2.04. The van der Waals surface area contributed by atoms with Crippen molar-refractivity contribution < 1.29 is 4.39 Å². The molecule has 2 aliphatic rings. The summed E-state index contributed by atoms with van der Waals surface area (Å²) in [4.78, 5) is 2.33. The fraction of sp³-hybridized carbons (Fsp3) is 0.316. The van der Waals surface area contributed by atoms with Crippen LogP contribution in [0.3, 0.4) is 0 Å². The fourth-order valence-electron chi connectivity index (χ4n) is 3.96. The van der Waals surface area contributed by atoms with Crippen LogP contribution in [0, 0.1) is 17.7 Å². The topological polar surface area (TPSA) is 46.3 Å². The van der Waals surface area contributed by atoms with Gasteiger partial charge in [-0.1, -0.05) is 24.3 Å². The number of hydrogen-bond acceptors (Lipinski definition) is 4. The average molecular weight is 335 g/mol. The van der Waals surface area contributed by atoms with Crippen LogP contribution < -0.4 is 4.90 Å². The first-order chi connectivity index (χ1) is 12.3. The molecule has 1 saturated heterocycles. The number of anilines is 1. The van der Waals surface area contributed by atoms with Crippen LogP contribution >= 0.6 is 0 Å². The van der Waals surface area contributed by atoms with Crippen molar-refractivity contribution in [2.75, 3.05) is 18.0 Å². The molecule has 5 nitrogen and oxygen atoms in total. The first kappa shape index (κ1) is 14.6. The van der Waals surface area contributed by atoms with E-state index in [2.05, 4.69) is 27.2 Å². The molecule has 5 rings (SSSR count). The minimum atomic E-state index is -0.317. The molecular weight excluding hydrogens is 317 g/mol. The molecule has 3 heterocycles. The lowest BCUT2D eigenvalue weighted by Crippen LogP contribution is -2.22. The van der Waals surface area contributed by atoms with Crippen LogP contribution in [0.25, 0.3) is 17.0 Å². The van der Waals surface area contributed by atoms with Gasteiger partial charge in [-0.3, -0.25) is 0 Å². The van der Waals surface area contributed by atoms with Crippen molar-refractivity contribution in [2.45, 2.75) is 12.8 Å². The predicted molar refractivity (Wildman–Crippen MR) is 93.7 cm³/mol. The molecule has 2 unspecified atom stereocenters. The highest BCUT2D eigenvalue weighted by Gasteiger charge is 2.33. The minimum Gasteiger partial charge on any atom is -0.355 e. The van der Waals surface area contributed by atoms with Crippen LogP contribution in [-0.4, -0.2) is 32.9 Å². The Hall–Kier alpha value is -2.76. The smallest absolute Gasteiger partial charge is 0.188 e. The van der Waals surface area contributed by atoms with Crippen molar-refractivity contribution >= 4 is 11.5 Å². The summed E-state index contributed by atoms with van der Waals surface area (Å²) < 4.78 is 15.8. The lowest BCUT2D eigenvalue weighted by molar-refractivity contribution is 0.411. The molecule has 2 atom stereocenters.